The van der Waals surface area contributed by atoms with E-state index in [-0.39, 0.29) is 17.7 Å². The second kappa shape index (κ2) is 7.53. The molecule has 0 saturated carbocycles. The number of furan rings is 1. The van der Waals surface area contributed by atoms with Crippen LogP contribution >= 0.6 is 12.2 Å². The maximum Gasteiger partial charge on any atom is 0.276 e. The molecule has 0 spiro atoms. The molecule has 0 aliphatic carbocycles. The summed E-state index contributed by atoms with van der Waals surface area (Å²) in [6.45, 7) is 1.15. The second-order valence-electron chi connectivity index (χ2n) is 6.54. The topological polar surface area (TPSA) is 97.8 Å². The van der Waals surface area contributed by atoms with Crippen LogP contribution in [0, 0.1) is 10.1 Å². The number of non-ortho nitro benzene ring substituents is 1. The number of carbonyl (C=O) groups excluding carboxylic acids is 1. The molecule has 2 aliphatic heterocycles. The largest absolute Gasteiger partial charge is 0.457 e. The van der Waals surface area contributed by atoms with Crippen LogP contribution in [0.15, 0.2) is 46.5 Å². The van der Waals surface area contributed by atoms with Gasteiger partial charge >= 0.3 is 0 Å². The first-order chi connectivity index (χ1) is 13.5. The van der Waals surface area contributed by atoms with E-state index in [1.807, 2.05) is 0 Å². The average molecular weight is 399 g/mol. The van der Waals surface area contributed by atoms with Crippen LogP contribution in [0.25, 0.3) is 17.4 Å². The summed E-state index contributed by atoms with van der Waals surface area (Å²) in [5.74, 6) is 0.811. The van der Waals surface area contributed by atoms with E-state index in [0.717, 1.165) is 12.8 Å². The van der Waals surface area contributed by atoms with Crippen molar-refractivity contribution in [1.82, 2.24) is 10.2 Å². The number of ether oxygens (including phenoxy) is 1. The van der Waals surface area contributed by atoms with Gasteiger partial charge in [-0.2, -0.15) is 0 Å². The number of hydrogen-bond acceptors (Lipinski definition) is 6. The smallest absolute Gasteiger partial charge is 0.276 e. The fraction of sp³-hybridized carbons (Fsp3) is 0.263. The van der Waals surface area contributed by atoms with Gasteiger partial charge in [0.1, 0.15) is 17.2 Å². The number of nitrogens with one attached hydrogen (secondary N) is 1. The third-order valence-electron chi connectivity index (χ3n) is 4.65. The zero-order valence-electron chi connectivity index (χ0n) is 14.8. The van der Waals surface area contributed by atoms with E-state index < -0.39 is 4.92 Å². The fourth-order valence-electron chi connectivity index (χ4n) is 3.20. The number of amides is 1. The maximum absolute atomic E-state index is 12.6. The highest BCUT2D eigenvalue weighted by atomic mass is 32.1. The van der Waals surface area contributed by atoms with Crippen LogP contribution in [0.3, 0.4) is 0 Å². The highest BCUT2D eigenvalue weighted by Gasteiger charge is 2.33. The summed E-state index contributed by atoms with van der Waals surface area (Å²) in [5, 5.41) is 14.0. The molecule has 28 heavy (non-hydrogen) atoms. The van der Waals surface area contributed by atoms with Crippen LogP contribution in [0.5, 0.6) is 0 Å². The molecule has 1 unspecified atom stereocenters. The van der Waals surface area contributed by atoms with Crippen molar-refractivity contribution >= 4 is 35.0 Å². The van der Waals surface area contributed by atoms with Crippen LogP contribution in [0.1, 0.15) is 18.6 Å². The summed E-state index contributed by atoms with van der Waals surface area (Å²) in [6, 6.07) is 9.54. The summed E-state index contributed by atoms with van der Waals surface area (Å²) in [4.78, 5) is 24.4. The summed E-state index contributed by atoms with van der Waals surface area (Å²) in [7, 11) is 0. The first kappa shape index (κ1) is 18.3. The van der Waals surface area contributed by atoms with Gasteiger partial charge in [-0.05, 0) is 49.3 Å². The predicted octanol–water partition coefficient (Wildman–Crippen LogP) is 3.09. The minimum atomic E-state index is -0.454. The van der Waals surface area contributed by atoms with Gasteiger partial charge in [0.25, 0.3) is 11.6 Å². The Labute approximate surface area is 165 Å². The fourth-order valence-corrected chi connectivity index (χ4v) is 3.47. The van der Waals surface area contributed by atoms with Crippen molar-refractivity contribution in [3.63, 3.8) is 0 Å². The molecular weight excluding hydrogens is 382 g/mol. The third-order valence-corrected chi connectivity index (χ3v) is 4.97. The molecule has 8 nitrogen and oxygen atoms in total. The molecule has 3 heterocycles. The van der Waals surface area contributed by atoms with E-state index in [0.29, 0.717) is 41.0 Å². The molecule has 2 aliphatic rings. The molecule has 1 aromatic carbocycles. The molecular formula is C19H17N3O5S. The number of hydrogen-bond donors (Lipinski definition) is 1. The molecule has 2 fully saturated rings. The van der Waals surface area contributed by atoms with E-state index in [1.165, 1.54) is 17.0 Å². The van der Waals surface area contributed by atoms with Crippen molar-refractivity contribution < 1.29 is 18.9 Å². The van der Waals surface area contributed by atoms with Crippen LogP contribution in [0.4, 0.5) is 5.69 Å². The van der Waals surface area contributed by atoms with Crippen molar-refractivity contribution in [1.29, 1.82) is 0 Å². The molecule has 2 saturated heterocycles. The summed E-state index contributed by atoms with van der Waals surface area (Å²) >= 11 is 5.27. The van der Waals surface area contributed by atoms with Crippen LogP contribution in [-0.4, -0.2) is 40.1 Å². The minimum Gasteiger partial charge on any atom is -0.457 e. The number of thiocarbonyl (C=S) groups is 1. The normalized spacial score (nSPS) is 20.8. The van der Waals surface area contributed by atoms with E-state index in [2.05, 4.69) is 5.32 Å². The lowest BCUT2D eigenvalue weighted by atomic mass is 10.1. The molecule has 0 radical (unpaired) electrons. The molecule has 144 valence electrons. The molecule has 1 N–H and O–H groups in total. The molecule has 9 heteroatoms. The quantitative estimate of drug-likeness (QED) is 0.357. The van der Waals surface area contributed by atoms with Crippen LogP contribution in [-0.2, 0) is 9.53 Å². The number of rotatable bonds is 5. The van der Waals surface area contributed by atoms with E-state index >= 15 is 0 Å². The van der Waals surface area contributed by atoms with Crippen LogP contribution in [0.2, 0.25) is 0 Å². The molecule has 2 aromatic rings. The van der Waals surface area contributed by atoms with Gasteiger partial charge in [-0.15, -0.1) is 0 Å². The van der Waals surface area contributed by atoms with Gasteiger partial charge in [-0.3, -0.25) is 19.8 Å². The molecule has 0 bridgehead atoms. The highest BCUT2D eigenvalue weighted by molar-refractivity contribution is 7.80. The average Bonchev–Trinajstić information content (AvgIpc) is 3.41. The van der Waals surface area contributed by atoms with Crippen molar-refractivity contribution in [2.24, 2.45) is 0 Å². The summed E-state index contributed by atoms with van der Waals surface area (Å²) in [6.07, 6.45) is 3.52. The van der Waals surface area contributed by atoms with Crippen molar-refractivity contribution in [2.45, 2.75) is 18.9 Å². The Morgan fingerprint density at radius 3 is 2.75 bits per heavy atom. The molecule has 1 amide bonds. The molecule has 1 aromatic heterocycles. The lowest BCUT2D eigenvalue weighted by Crippen LogP contribution is -2.37. The molecule has 1 atom stereocenters. The number of nitro benzene ring substituents is 1. The Balaban J connectivity index is 1.49. The zero-order valence-corrected chi connectivity index (χ0v) is 15.6. The Morgan fingerprint density at radius 2 is 2.07 bits per heavy atom. The SMILES string of the molecule is O=C1C(=Cc2ccc(-c3ccc([N+](=O)[O-])cc3)o2)NC(=S)N1CC1CCCO1. The standard InChI is InChI=1S/C19H17N3O5S/c23-18-16(20-19(28)21(18)11-15-2-1-9-26-15)10-14-7-8-17(27-14)12-3-5-13(6-4-12)22(24)25/h3-8,10,15H,1-2,9,11H2,(H,20,28). The van der Waals surface area contributed by atoms with E-state index in [4.69, 9.17) is 21.4 Å². The number of carbonyl (C=O) groups is 1. The van der Waals surface area contributed by atoms with E-state index in [9.17, 15) is 14.9 Å². The van der Waals surface area contributed by atoms with Gasteiger partial charge < -0.3 is 14.5 Å². The molecule has 4 rings (SSSR count). The Bertz CT molecular complexity index is 960. The number of nitro groups is 1. The van der Waals surface area contributed by atoms with Gasteiger partial charge in [0.05, 0.1) is 17.6 Å². The first-order valence-electron chi connectivity index (χ1n) is 8.82. The van der Waals surface area contributed by atoms with Crippen molar-refractivity contribution in [3.05, 3.63) is 58.0 Å². The first-order valence-corrected chi connectivity index (χ1v) is 9.23. The van der Waals surface area contributed by atoms with Gasteiger partial charge in [-0.1, -0.05) is 0 Å². The monoisotopic (exact) mass is 399 g/mol. The van der Waals surface area contributed by atoms with Crippen molar-refractivity contribution in [2.75, 3.05) is 13.2 Å². The minimum absolute atomic E-state index is 0.0123. The lowest BCUT2D eigenvalue weighted by Gasteiger charge is -2.18. The number of benzene rings is 1. The van der Waals surface area contributed by atoms with E-state index in [1.54, 1.807) is 30.3 Å². The van der Waals surface area contributed by atoms with Crippen molar-refractivity contribution in [3.8, 4) is 11.3 Å². The summed E-state index contributed by atoms with van der Waals surface area (Å²) in [5.41, 5.74) is 1.06. The van der Waals surface area contributed by atoms with Gasteiger partial charge in [-0.25, -0.2) is 0 Å². The predicted molar refractivity (Wildman–Crippen MR) is 105 cm³/mol. The second-order valence-corrected chi connectivity index (χ2v) is 6.93. The Hall–Kier alpha value is -3.04. The lowest BCUT2D eigenvalue weighted by molar-refractivity contribution is -0.384. The maximum atomic E-state index is 12.6. The third kappa shape index (κ3) is 3.67. The summed E-state index contributed by atoms with van der Waals surface area (Å²) < 4.78 is 11.3. The Kier molecular flexibility index (Phi) is 4.93. The van der Waals surface area contributed by atoms with Gasteiger partial charge in [0.15, 0.2) is 5.11 Å². The van der Waals surface area contributed by atoms with Crippen LogP contribution < -0.4 is 5.32 Å². The highest BCUT2D eigenvalue weighted by Crippen LogP contribution is 2.26. The van der Waals surface area contributed by atoms with Gasteiger partial charge in [0.2, 0.25) is 0 Å². The number of nitrogens with zero attached hydrogens (tertiary/aromatic N) is 2. The zero-order chi connectivity index (χ0) is 19.7. The Morgan fingerprint density at radius 1 is 1.29 bits per heavy atom. The van der Waals surface area contributed by atoms with Gasteiger partial charge in [0, 0.05) is 30.4 Å².